The van der Waals surface area contributed by atoms with E-state index < -0.39 is 12.6 Å². The van der Waals surface area contributed by atoms with Crippen LogP contribution in [-0.4, -0.2) is 22.7 Å². The molecule has 110 valence electrons. The van der Waals surface area contributed by atoms with E-state index in [0.717, 1.165) is 0 Å². The van der Waals surface area contributed by atoms with E-state index in [1.807, 2.05) is 0 Å². The molecule has 21 heavy (non-hydrogen) atoms. The molecular formula is C13H9ClF2N2O3. The highest BCUT2D eigenvalue weighted by Crippen LogP contribution is 2.29. The largest absolute Gasteiger partial charge is 0.478 e. The number of nitrogens with one attached hydrogen (secondary N) is 1. The van der Waals surface area contributed by atoms with Crippen LogP contribution in [0.4, 0.5) is 20.3 Å². The molecule has 5 nitrogen and oxygen atoms in total. The van der Waals surface area contributed by atoms with E-state index in [-0.39, 0.29) is 28.0 Å². The zero-order valence-electron chi connectivity index (χ0n) is 10.4. The van der Waals surface area contributed by atoms with Gasteiger partial charge in [-0.25, -0.2) is 9.78 Å². The number of rotatable bonds is 5. The van der Waals surface area contributed by atoms with Crippen molar-refractivity contribution in [1.29, 1.82) is 0 Å². The lowest BCUT2D eigenvalue weighted by Crippen LogP contribution is -2.08. The quantitative estimate of drug-likeness (QED) is 0.822. The van der Waals surface area contributed by atoms with Crippen molar-refractivity contribution < 1.29 is 23.4 Å². The second kappa shape index (κ2) is 6.36. The summed E-state index contributed by atoms with van der Waals surface area (Å²) in [4.78, 5) is 15.0. The topological polar surface area (TPSA) is 71.5 Å². The van der Waals surface area contributed by atoms with E-state index in [0.29, 0.717) is 0 Å². The van der Waals surface area contributed by atoms with Crippen LogP contribution in [0.15, 0.2) is 36.4 Å². The Hall–Kier alpha value is -2.41. The van der Waals surface area contributed by atoms with Crippen molar-refractivity contribution in [1.82, 2.24) is 4.98 Å². The van der Waals surface area contributed by atoms with Crippen LogP contribution in [0.1, 0.15) is 10.4 Å². The Bertz CT molecular complexity index is 668. The Labute approximate surface area is 123 Å². The van der Waals surface area contributed by atoms with Crippen molar-refractivity contribution in [3.63, 3.8) is 0 Å². The van der Waals surface area contributed by atoms with Crippen LogP contribution >= 0.6 is 11.6 Å². The van der Waals surface area contributed by atoms with Crippen LogP contribution in [0, 0.1) is 0 Å². The number of ether oxygens (including phenoxy) is 1. The number of hydrogen-bond acceptors (Lipinski definition) is 4. The summed E-state index contributed by atoms with van der Waals surface area (Å²) in [6.07, 6.45) is 0. The predicted octanol–water partition coefficient (Wildman–Crippen LogP) is 3.78. The minimum atomic E-state index is -3.00. The lowest BCUT2D eigenvalue weighted by atomic mass is 10.2. The molecule has 0 aliphatic heterocycles. The molecule has 0 bridgehead atoms. The highest BCUT2D eigenvalue weighted by atomic mass is 35.5. The molecular weight excluding hydrogens is 306 g/mol. The number of nitrogens with zero attached hydrogens (tertiary/aromatic N) is 1. The van der Waals surface area contributed by atoms with Gasteiger partial charge in [-0.05, 0) is 24.3 Å². The van der Waals surface area contributed by atoms with Crippen LogP contribution in [0.3, 0.4) is 0 Å². The average molecular weight is 315 g/mol. The third-order valence-corrected chi connectivity index (χ3v) is 2.66. The fourth-order valence-corrected chi connectivity index (χ4v) is 1.75. The number of para-hydroxylation sites is 2. The van der Waals surface area contributed by atoms with Crippen molar-refractivity contribution in [3.05, 3.63) is 47.1 Å². The molecule has 2 rings (SSSR count). The summed E-state index contributed by atoms with van der Waals surface area (Å²) in [5.41, 5.74) is 0.00122. The van der Waals surface area contributed by atoms with Gasteiger partial charge >= 0.3 is 12.6 Å². The number of carbonyl (C=O) groups is 1. The fraction of sp³-hybridized carbons (Fsp3) is 0.0769. The Kier molecular flexibility index (Phi) is 4.54. The van der Waals surface area contributed by atoms with Crippen molar-refractivity contribution in [3.8, 4) is 5.75 Å². The summed E-state index contributed by atoms with van der Waals surface area (Å²) >= 11 is 5.72. The second-order valence-electron chi connectivity index (χ2n) is 3.83. The van der Waals surface area contributed by atoms with E-state index >= 15 is 0 Å². The highest BCUT2D eigenvalue weighted by molar-refractivity contribution is 6.29. The Morgan fingerprint density at radius 1 is 1.29 bits per heavy atom. The molecule has 8 heteroatoms. The normalized spacial score (nSPS) is 10.5. The fourth-order valence-electron chi connectivity index (χ4n) is 1.60. The Morgan fingerprint density at radius 2 is 2.00 bits per heavy atom. The third-order valence-electron chi connectivity index (χ3n) is 2.45. The molecule has 1 heterocycles. The van der Waals surface area contributed by atoms with Crippen molar-refractivity contribution in [2.75, 3.05) is 5.32 Å². The average Bonchev–Trinajstić information content (AvgIpc) is 2.40. The molecule has 0 radical (unpaired) electrons. The standard InChI is InChI=1S/C13H9ClF2N2O3/c14-10-6-5-7(12(19)20)11(18-10)17-8-3-1-2-4-9(8)21-13(15)16/h1-6,13H,(H,17,18)(H,19,20). The first-order chi connectivity index (χ1) is 9.97. The summed E-state index contributed by atoms with van der Waals surface area (Å²) in [7, 11) is 0. The van der Waals surface area contributed by atoms with Crippen LogP contribution in [0.2, 0.25) is 5.15 Å². The van der Waals surface area contributed by atoms with Gasteiger partial charge in [0.25, 0.3) is 0 Å². The molecule has 0 fully saturated rings. The minimum Gasteiger partial charge on any atom is -0.478 e. The number of alkyl halides is 2. The molecule has 0 saturated carbocycles. The number of pyridine rings is 1. The van der Waals surface area contributed by atoms with E-state index in [1.165, 1.54) is 30.3 Å². The number of aromatic carboxylic acids is 1. The predicted molar refractivity (Wildman–Crippen MR) is 72.6 cm³/mol. The van der Waals surface area contributed by atoms with Gasteiger partial charge in [0, 0.05) is 0 Å². The van der Waals surface area contributed by atoms with E-state index in [2.05, 4.69) is 15.0 Å². The maximum absolute atomic E-state index is 12.3. The summed E-state index contributed by atoms with van der Waals surface area (Å²) in [6, 6.07) is 8.43. The molecule has 0 amide bonds. The smallest absolute Gasteiger partial charge is 0.387 e. The first-order valence-corrected chi connectivity index (χ1v) is 6.06. The first-order valence-electron chi connectivity index (χ1n) is 5.68. The molecule has 0 spiro atoms. The van der Waals surface area contributed by atoms with Crippen molar-refractivity contribution in [2.24, 2.45) is 0 Å². The van der Waals surface area contributed by atoms with Gasteiger partial charge in [-0.3, -0.25) is 0 Å². The van der Waals surface area contributed by atoms with Gasteiger partial charge < -0.3 is 15.2 Å². The van der Waals surface area contributed by atoms with Crippen LogP contribution in [0.25, 0.3) is 0 Å². The number of aromatic nitrogens is 1. The molecule has 2 N–H and O–H groups in total. The lowest BCUT2D eigenvalue weighted by molar-refractivity contribution is -0.0493. The van der Waals surface area contributed by atoms with Gasteiger partial charge in [-0.2, -0.15) is 8.78 Å². The monoisotopic (exact) mass is 314 g/mol. The van der Waals surface area contributed by atoms with Gasteiger partial charge in [-0.15, -0.1) is 0 Å². The summed E-state index contributed by atoms with van der Waals surface area (Å²) < 4.78 is 29.0. The Balaban J connectivity index is 2.38. The number of carboxylic acid groups (broad SMARTS) is 1. The summed E-state index contributed by atoms with van der Waals surface area (Å²) in [5, 5.41) is 11.8. The minimum absolute atomic E-state index is 0.0646. The van der Waals surface area contributed by atoms with Gasteiger partial charge in [0.1, 0.15) is 22.3 Å². The molecule has 2 aromatic rings. The SMILES string of the molecule is O=C(O)c1ccc(Cl)nc1Nc1ccccc1OC(F)F. The number of carboxylic acids is 1. The maximum Gasteiger partial charge on any atom is 0.387 e. The van der Waals surface area contributed by atoms with E-state index in [4.69, 9.17) is 16.7 Å². The molecule has 0 atom stereocenters. The van der Waals surface area contributed by atoms with Gasteiger partial charge in [0.15, 0.2) is 0 Å². The van der Waals surface area contributed by atoms with Gasteiger partial charge in [0.2, 0.25) is 0 Å². The van der Waals surface area contributed by atoms with Crippen LogP contribution < -0.4 is 10.1 Å². The van der Waals surface area contributed by atoms with Crippen molar-refractivity contribution >= 4 is 29.1 Å². The van der Waals surface area contributed by atoms with E-state index in [9.17, 15) is 13.6 Å². The van der Waals surface area contributed by atoms with Crippen LogP contribution in [-0.2, 0) is 0 Å². The van der Waals surface area contributed by atoms with Crippen molar-refractivity contribution in [2.45, 2.75) is 6.61 Å². The Morgan fingerprint density at radius 3 is 2.67 bits per heavy atom. The number of benzene rings is 1. The summed E-state index contributed by atoms with van der Waals surface area (Å²) in [6.45, 7) is -3.00. The zero-order chi connectivity index (χ0) is 15.4. The first kappa shape index (κ1) is 15.0. The van der Waals surface area contributed by atoms with Gasteiger partial charge in [0.05, 0.1) is 5.69 Å². The zero-order valence-corrected chi connectivity index (χ0v) is 11.1. The number of halogens is 3. The number of anilines is 2. The molecule has 0 saturated heterocycles. The maximum atomic E-state index is 12.3. The summed E-state index contributed by atoms with van der Waals surface area (Å²) in [5.74, 6) is -1.43. The molecule has 0 unspecified atom stereocenters. The van der Waals surface area contributed by atoms with Crippen LogP contribution in [0.5, 0.6) is 5.75 Å². The molecule has 1 aromatic carbocycles. The van der Waals surface area contributed by atoms with Gasteiger partial charge in [-0.1, -0.05) is 23.7 Å². The lowest BCUT2D eigenvalue weighted by Gasteiger charge is -2.13. The third kappa shape index (κ3) is 3.79. The molecule has 0 aliphatic carbocycles. The number of hydrogen-bond donors (Lipinski definition) is 2. The molecule has 1 aromatic heterocycles. The highest BCUT2D eigenvalue weighted by Gasteiger charge is 2.15. The van der Waals surface area contributed by atoms with E-state index in [1.54, 1.807) is 6.07 Å². The molecule has 0 aliphatic rings. The second-order valence-corrected chi connectivity index (χ2v) is 4.22.